The van der Waals surface area contributed by atoms with Gasteiger partial charge < -0.3 is 10.6 Å². The Hall–Kier alpha value is -2.71. The number of amides is 2. The van der Waals surface area contributed by atoms with Crippen LogP contribution >= 0.6 is 0 Å². The first kappa shape index (κ1) is 19.6. The fraction of sp³-hybridized carbons (Fsp3) is 0.222. The number of hydrogen-bond donors (Lipinski definition) is 2. The van der Waals surface area contributed by atoms with Gasteiger partial charge in [-0.25, -0.2) is 12.7 Å². The van der Waals surface area contributed by atoms with E-state index < -0.39 is 15.9 Å². The maximum atomic E-state index is 12.3. The lowest BCUT2D eigenvalue weighted by Crippen LogP contribution is -2.23. The molecule has 0 atom stereocenters. The lowest BCUT2D eigenvalue weighted by Gasteiger charge is -2.12. The number of nitrogens with zero attached hydrogens (tertiary/aromatic N) is 1. The molecular formula is C18H21N3O4S. The third kappa shape index (κ3) is 4.47. The minimum absolute atomic E-state index is 0.109. The average molecular weight is 375 g/mol. The molecule has 0 unspecified atom stereocenters. The van der Waals surface area contributed by atoms with Crippen LogP contribution in [0.4, 0.5) is 5.69 Å². The minimum atomic E-state index is -3.54. The number of sulfonamides is 1. The van der Waals surface area contributed by atoms with E-state index in [1.54, 1.807) is 24.3 Å². The number of hydrogen-bond acceptors (Lipinski definition) is 4. The van der Waals surface area contributed by atoms with Crippen LogP contribution in [0.5, 0.6) is 0 Å². The first-order valence-electron chi connectivity index (χ1n) is 7.98. The van der Waals surface area contributed by atoms with Gasteiger partial charge >= 0.3 is 0 Å². The van der Waals surface area contributed by atoms with Crippen molar-refractivity contribution in [3.63, 3.8) is 0 Å². The fourth-order valence-electron chi connectivity index (χ4n) is 2.19. The summed E-state index contributed by atoms with van der Waals surface area (Å²) in [5.41, 5.74) is 1.23. The summed E-state index contributed by atoms with van der Waals surface area (Å²) in [7, 11) is -0.658. The maximum absolute atomic E-state index is 12.3. The summed E-state index contributed by atoms with van der Waals surface area (Å²) < 4.78 is 25.2. The molecule has 138 valence electrons. The van der Waals surface area contributed by atoms with Crippen LogP contribution in [0, 0.1) is 0 Å². The Morgan fingerprint density at radius 2 is 1.62 bits per heavy atom. The van der Waals surface area contributed by atoms with Crippen LogP contribution in [0.3, 0.4) is 0 Å². The molecule has 0 bridgehead atoms. The average Bonchev–Trinajstić information content (AvgIpc) is 2.62. The molecule has 7 nitrogen and oxygen atoms in total. The molecule has 2 amide bonds. The van der Waals surface area contributed by atoms with Crippen molar-refractivity contribution in [2.75, 3.05) is 26.0 Å². The Bertz CT molecular complexity index is 906. The Morgan fingerprint density at radius 1 is 0.962 bits per heavy atom. The van der Waals surface area contributed by atoms with E-state index in [1.165, 1.54) is 38.4 Å². The normalized spacial score (nSPS) is 11.2. The van der Waals surface area contributed by atoms with E-state index in [4.69, 9.17) is 0 Å². The molecular weight excluding hydrogens is 354 g/mol. The number of rotatable bonds is 6. The molecule has 26 heavy (non-hydrogen) atoms. The summed E-state index contributed by atoms with van der Waals surface area (Å²) in [5.74, 6) is -0.617. The van der Waals surface area contributed by atoms with E-state index in [0.717, 1.165) is 4.31 Å². The molecule has 2 N–H and O–H groups in total. The second kappa shape index (κ2) is 8.11. The lowest BCUT2D eigenvalue weighted by atomic mass is 10.1. The van der Waals surface area contributed by atoms with Gasteiger partial charge in [0, 0.05) is 37.5 Å². The molecule has 0 aromatic heterocycles. The van der Waals surface area contributed by atoms with Gasteiger partial charge in [0.15, 0.2) is 0 Å². The summed E-state index contributed by atoms with van der Waals surface area (Å²) >= 11 is 0. The van der Waals surface area contributed by atoms with E-state index in [-0.39, 0.29) is 10.8 Å². The van der Waals surface area contributed by atoms with Gasteiger partial charge in [0.25, 0.3) is 11.8 Å². The second-order valence-electron chi connectivity index (χ2n) is 5.71. The molecule has 8 heteroatoms. The molecule has 0 spiro atoms. The van der Waals surface area contributed by atoms with Gasteiger partial charge in [0.2, 0.25) is 10.0 Å². The van der Waals surface area contributed by atoms with Gasteiger partial charge in [0.05, 0.1) is 4.90 Å². The summed E-state index contributed by atoms with van der Waals surface area (Å²) in [4.78, 5) is 24.3. The van der Waals surface area contributed by atoms with Crippen LogP contribution in [-0.4, -0.2) is 45.2 Å². The van der Waals surface area contributed by atoms with Crippen LogP contribution in [0.2, 0.25) is 0 Å². The van der Waals surface area contributed by atoms with Gasteiger partial charge in [-0.15, -0.1) is 0 Å². The molecule has 0 saturated heterocycles. The highest BCUT2D eigenvalue weighted by Gasteiger charge is 2.17. The van der Waals surface area contributed by atoms with Crippen molar-refractivity contribution in [3.05, 3.63) is 59.7 Å². The smallest absolute Gasteiger partial charge is 0.255 e. The largest absolute Gasteiger partial charge is 0.352 e. The van der Waals surface area contributed by atoms with Crippen molar-refractivity contribution in [2.24, 2.45) is 0 Å². The highest BCUT2D eigenvalue weighted by atomic mass is 32.2. The number of carbonyl (C=O) groups excluding carboxylic acids is 2. The predicted molar refractivity (Wildman–Crippen MR) is 99.7 cm³/mol. The molecule has 0 fully saturated rings. The Kier molecular flexibility index (Phi) is 6.12. The molecule has 0 aliphatic carbocycles. The van der Waals surface area contributed by atoms with Crippen molar-refractivity contribution in [1.29, 1.82) is 0 Å². The zero-order valence-corrected chi connectivity index (χ0v) is 15.6. The van der Waals surface area contributed by atoms with Gasteiger partial charge in [-0.1, -0.05) is 6.07 Å². The van der Waals surface area contributed by atoms with Crippen LogP contribution < -0.4 is 10.6 Å². The van der Waals surface area contributed by atoms with Crippen molar-refractivity contribution in [2.45, 2.75) is 11.8 Å². The van der Waals surface area contributed by atoms with E-state index in [0.29, 0.717) is 23.4 Å². The van der Waals surface area contributed by atoms with Crippen molar-refractivity contribution < 1.29 is 18.0 Å². The van der Waals surface area contributed by atoms with Gasteiger partial charge in [-0.2, -0.15) is 0 Å². The van der Waals surface area contributed by atoms with E-state index in [9.17, 15) is 18.0 Å². The van der Waals surface area contributed by atoms with Crippen LogP contribution in [0.1, 0.15) is 27.6 Å². The monoisotopic (exact) mass is 375 g/mol. The van der Waals surface area contributed by atoms with Gasteiger partial charge in [-0.05, 0) is 49.4 Å². The third-order valence-electron chi connectivity index (χ3n) is 3.62. The van der Waals surface area contributed by atoms with E-state index >= 15 is 0 Å². The molecule has 0 heterocycles. The molecule has 0 saturated carbocycles. The summed E-state index contributed by atoms with van der Waals surface area (Å²) in [6, 6.07) is 12.2. The first-order chi connectivity index (χ1) is 12.3. The standard InChI is InChI=1S/C18H21N3O4S/c1-4-19-17(22)14-6-5-7-15(12-14)20-18(23)13-8-10-16(11-9-13)26(24,25)21(2)3/h5-12H,4H2,1-3H3,(H,19,22)(H,20,23). The minimum Gasteiger partial charge on any atom is -0.352 e. The van der Waals surface area contributed by atoms with Crippen molar-refractivity contribution in [3.8, 4) is 0 Å². The van der Waals surface area contributed by atoms with E-state index in [2.05, 4.69) is 10.6 Å². The zero-order chi connectivity index (χ0) is 19.3. The van der Waals surface area contributed by atoms with Gasteiger partial charge in [0.1, 0.15) is 0 Å². The van der Waals surface area contributed by atoms with Crippen LogP contribution in [0.25, 0.3) is 0 Å². The molecule has 2 aromatic carbocycles. The predicted octanol–water partition coefficient (Wildman–Crippen LogP) is 1.94. The van der Waals surface area contributed by atoms with Crippen molar-refractivity contribution >= 4 is 27.5 Å². The number of anilines is 1. The summed E-state index contributed by atoms with van der Waals surface area (Å²) in [5, 5.41) is 5.39. The SMILES string of the molecule is CCNC(=O)c1cccc(NC(=O)c2ccc(S(=O)(=O)N(C)C)cc2)c1. The van der Waals surface area contributed by atoms with Gasteiger partial charge in [-0.3, -0.25) is 9.59 Å². The Balaban J connectivity index is 2.16. The summed E-state index contributed by atoms with van der Waals surface area (Å²) in [6.07, 6.45) is 0. The number of carbonyl (C=O) groups is 2. The Labute approximate surface area is 153 Å². The third-order valence-corrected chi connectivity index (χ3v) is 5.44. The summed E-state index contributed by atoms with van der Waals surface area (Å²) in [6.45, 7) is 2.33. The molecule has 2 rings (SSSR count). The topological polar surface area (TPSA) is 95.6 Å². The van der Waals surface area contributed by atoms with Crippen LogP contribution in [-0.2, 0) is 10.0 Å². The van der Waals surface area contributed by atoms with E-state index in [1.807, 2.05) is 6.92 Å². The Morgan fingerprint density at radius 3 is 2.19 bits per heavy atom. The lowest BCUT2D eigenvalue weighted by molar-refractivity contribution is 0.0954. The quantitative estimate of drug-likeness (QED) is 0.806. The number of nitrogens with one attached hydrogen (secondary N) is 2. The van der Waals surface area contributed by atoms with Crippen LogP contribution in [0.15, 0.2) is 53.4 Å². The maximum Gasteiger partial charge on any atom is 0.255 e. The zero-order valence-electron chi connectivity index (χ0n) is 14.8. The highest BCUT2D eigenvalue weighted by Crippen LogP contribution is 2.16. The first-order valence-corrected chi connectivity index (χ1v) is 9.42. The molecule has 0 aliphatic heterocycles. The molecule has 2 aromatic rings. The highest BCUT2D eigenvalue weighted by molar-refractivity contribution is 7.89. The molecule has 0 radical (unpaired) electrons. The molecule has 0 aliphatic rings. The number of benzene rings is 2. The second-order valence-corrected chi connectivity index (χ2v) is 7.86. The fourth-order valence-corrected chi connectivity index (χ4v) is 3.09. The van der Waals surface area contributed by atoms with Crippen molar-refractivity contribution in [1.82, 2.24) is 9.62 Å².